The van der Waals surface area contributed by atoms with Crippen molar-refractivity contribution >= 4 is 23.4 Å². The summed E-state index contributed by atoms with van der Waals surface area (Å²) in [6.07, 6.45) is 0. The van der Waals surface area contributed by atoms with Crippen LogP contribution in [0, 0.1) is 0 Å². The highest BCUT2D eigenvalue weighted by Gasteiger charge is 2.15. The highest BCUT2D eigenvalue weighted by molar-refractivity contribution is 6.30. The molecule has 108 valence electrons. The standard InChI is InChI=1S/C15H12ClNO4/c1-9(18)8-17-13(10-2-4-11(16)5-3-10)7-6-12(14(17)19)15(20)21/h2-7H,8H2,1H3,(H,20,21). The minimum atomic E-state index is -1.32. The fourth-order valence-corrected chi connectivity index (χ4v) is 2.12. The molecule has 0 aliphatic rings. The molecule has 0 spiro atoms. The maximum Gasteiger partial charge on any atom is 0.341 e. The third-order valence-electron chi connectivity index (χ3n) is 2.93. The van der Waals surface area contributed by atoms with Gasteiger partial charge in [0.2, 0.25) is 0 Å². The molecule has 1 N–H and O–H groups in total. The third kappa shape index (κ3) is 3.20. The lowest BCUT2D eigenvalue weighted by Crippen LogP contribution is -2.29. The first-order valence-electron chi connectivity index (χ1n) is 6.12. The molecule has 0 aliphatic carbocycles. The molecule has 2 aromatic rings. The molecule has 21 heavy (non-hydrogen) atoms. The number of benzene rings is 1. The fraction of sp³-hybridized carbons (Fsp3) is 0.133. The van der Waals surface area contributed by atoms with E-state index >= 15 is 0 Å². The number of nitrogens with zero attached hydrogens (tertiary/aromatic N) is 1. The zero-order chi connectivity index (χ0) is 15.6. The highest BCUT2D eigenvalue weighted by Crippen LogP contribution is 2.21. The van der Waals surface area contributed by atoms with E-state index in [9.17, 15) is 14.4 Å². The Kier molecular flexibility index (Phi) is 4.23. The van der Waals surface area contributed by atoms with E-state index in [-0.39, 0.29) is 17.9 Å². The molecule has 0 radical (unpaired) electrons. The van der Waals surface area contributed by atoms with Crippen molar-refractivity contribution in [1.29, 1.82) is 0 Å². The lowest BCUT2D eigenvalue weighted by atomic mass is 10.1. The molecule has 1 aromatic heterocycles. The van der Waals surface area contributed by atoms with Gasteiger partial charge in [-0.15, -0.1) is 0 Å². The van der Waals surface area contributed by atoms with Crippen molar-refractivity contribution in [3.8, 4) is 11.3 Å². The first kappa shape index (κ1) is 15.0. The van der Waals surface area contributed by atoms with Crippen molar-refractivity contribution in [2.45, 2.75) is 13.5 Å². The molecule has 0 fully saturated rings. The zero-order valence-corrected chi connectivity index (χ0v) is 11.9. The summed E-state index contributed by atoms with van der Waals surface area (Å²) in [7, 11) is 0. The largest absolute Gasteiger partial charge is 0.477 e. The second kappa shape index (κ2) is 5.93. The summed E-state index contributed by atoms with van der Waals surface area (Å²) in [5, 5.41) is 9.55. The number of ketones is 1. The smallest absolute Gasteiger partial charge is 0.341 e. The van der Waals surface area contributed by atoms with Crippen LogP contribution in [0.25, 0.3) is 11.3 Å². The lowest BCUT2D eigenvalue weighted by molar-refractivity contribution is -0.117. The van der Waals surface area contributed by atoms with Gasteiger partial charge in [-0.2, -0.15) is 0 Å². The molecule has 0 saturated heterocycles. The Hall–Kier alpha value is -2.40. The van der Waals surface area contributed by atoms with Crippen molar-refractivity contribution in [3.63, 3.8) is 0 Å². The molecule has 0 unspecified atom stereocenters. The number of carbonyl (C=O) groups excluding carboxylic acids is 1. The van der Waals surface area contributed by atoms with Crippen molar-refractivity contribution in [2.24, 2.45) is 0 Å². The van der Waals surface area contributed by atoms with Crippen LogP contribution in [0.1, 0.15) is 17.3 Å². The van der Waals surface area contributed by atoms with Gasteiger partial charge in [0.15, 0.2) is 0 Å². The molecule has 0 atom stereocenters. The summed E-state index contributed by atoms with van der Waals surface area (Å²) < 4.78 is 1.16. The van der Waals surface area contributed by atoms with Gasteiger partial charge in [-0.25, -0.2) is 4.79 Å². The van der Waals surface area contributed by atoms with Crippen molar-refractivity contribution < 1.29 is 14.7 Å². The Bertz CT molecular complexity index is 762. The van der Waals surface area contributed by atoms with Gasteiger partial charge in [-0.05, 0) is 36.8 Å². The van der Waals surface area contributed by atoms with E-state index < -0.39 is 11.5 Å². The number of rotatable bonds is 4. The summed E-state index contributed by atoms with van der Waals surface area (Å²) in [5.74, 6) is -1.56. The average molecular weight is 306 g/mol. The molecule has 0 amide bonds. The molecule has 0 saturated carbocycles. The van der Waals surface area contributed by atoms with Crippen LogP contribution in [0.15, 0.2) is 41.2 Å². The minimum Gasteiger partial charge on any atom is -0.477 e. The summed E-state index contributed by atoms with van der Waals surface area (Å²) >= 11 is 5.82. The predicted octanol–water partition coefficient (Wildman–Crippen LogP) is 2.46. The number of Topliss-reactive ketones (excluding diaryl/α,β-unsaturated/α-hetero) is 1. The number of carbonyl (C=O) groups is 2. The number of pyridine rings is 1. The second-order valence-corrected chi connectivity index (χ2v) is 4.97. The van der Waals surface area contributed by atoms with Crippen LogP contribution in [0.2, 0.25) is 5.02 Å². The summed E-state index contributed by atoms with van der Waals surface area (Å²) in [4.78, 5) is 34.6. The van der Waals surface area contributed by atoms with E-state index in [1.165, 1.54) is 19.1 Å². The Morgan fingerprint density at radius 1 is 1.14 bits per heavy atom. The molecular weight excluding hydrogens is 294 g/mol. The van der Waals surface area contributed by atoms with Crippen LogP contribution in [0.4, 0.5) is 0 Å². The number of carboxylic acids is 1. The number of halogens is 1. The van der Waals surface area contributed by atoms with Gasteiger partial charge >= 0.3 is 5.97 Å². The van der Waals surface area contributed by atoms with Crippen LogP contribution in [-0.2, 0) is 11.3 Å². The Morgan fingerprint density at radius 2 is 1.76 bits per heavy atom. The molecule has 0 bridgehead atoms. The molecule has 2 rings (SSSR count). The van der Waals surface area contributed by atoms with Crippen LogP contribution in [0.5, 0.6) is 0 Å². The van der Waals surface area contributed by atoms with Crippen LogP contribution >= 0.6 is 11.6 Å². The molecular formula is C15H12ClNO4. The van der Waals surface area contributed by atoms with E-state index in [0.29, 0.717) is 16.3 Å². The summed E-state index contributed by atoms with van der Waals surface area (Å²) in [6, 6.07) is 9.47. The van der Waals surface area contributed by atoms with Gasteiger partial charge in [0.1, 0.15) is 11.3 Å². The van der Waals surface area contributed by atoms with Gasteiger partial charge in [-0.3, -0.25) is 9.59 Å². The SMILES string of the molecule is CC(=O)Cn1c(-c2ccc(Cl)cc2)ccc(C(=O)O)c1=O. The monoisotopic (exact) mass is 305 g/mol. The normalized spacial score (nSPS) is 10.4. The first-order valence-corrected chi connectivity index (χ1v) is 6.50. The minimum absolute atomic E-state index is 0.183. The second-order valence-electron chi connectivity index (χ2n) is 4.54. The van der Waals surface area contributed by atoms with E-state index in [1.54, 1.807) is 24.3 Å². The average Bonchev–Trinajstić information content (AvgIpc) is 2.41. The zero-order valence-electron chi connectivity index (χ0n) is 11.2. The Labute approximate surface area is 125 Å². The van der Waals surface area contributed by atoms with E-state index in [4.69, 9.17) is 16.7 Å². The molecule has 6 heteroatoms. The number of hydrogen-bond acceptors (Lipinski definition) is 3. The van der Waals surface area contributed by atoms with Gasteiger partial charge in [0, 0.05) is 5.02 Å². The maximum atomic E-state index is 12.2. The third-order valence-corrected chi connectivity index (χ3v) is 3.18. The van der Waals surface area contributed by atoms with E-state index in [1.807, 2.05) is 0 Å². The predicted molar refractivity (Wildman–Crippen MR) is 78.8 cm³/mol. The van der Waals surface area contributed by atoms with Crippen molar-refractivity contribution in [3.05, 3.63) is 57.3 Å². The van der Waals surface area contributed by atoms with E-state index in [2.05, 4.69) is 0 Å². The first-order chi connectivity index (χ1) is 9.90. The number of aromatic carboxylic acids is 1. The topological polar surface area (TPSA) is 76.4 Å². The lowest BCUT2D eigenvalue weighted by Gasteiger charge is -2.12. The number of aromatic nitrogens is 1. The van der Waals surface area contributed by atoms with Crippen LogP contribution in [-0.4, -0.2) is 21.4 Å². The fourth-order valence-electron chi connectivity index (χ4n) is 1.99. The number of hydrogen-bond donors (Lipinski definition) is 1. The van der Waals surface area contributed by atoms with Crippen molar-refractivity contribution in [1.82, 2.24) is 4.57 Å². The van der Waals surface area contributed by atoms with Gasteiger partial charge < -0.3 is 9.67 Å². The van der Waals surface area contributed by atoms with Crippen LogP contribution < -0.4 is 5.56 Å². The Balaban J connectivity index is 2.68. The molecule has 5 nitrogen and oxygen atoms in total. The summed E-state index contributed by atoms with van der Waals surface area (Å²) in [5.41, 5.74) is 0.0747. The molecule has 1 heterocycles. The molecule has 0 aliphatic heterocycles. The highest BCUT2D eigenvalue weighted by atomic mass is 35.5. The Morgan fingerprint density at radius 3 is 2.29 bits per heavy atom. The van der Waals surface area contributed by atoms with Crippen LogP contribution in [0.3, 0.4) is 0 Å². The van der Waals surface area contributed by atoms with Gasteiger partial charge in [0.25, 0.3) is 5.56 Å². The summed E-state index contributed by atoms with van der Waals surface area (Å²) in [6.45, 7) is 1.16. The van der Waals surface area contributed by atoms with Crippen molar-refractivity contribution in [2.75, 3.05) is 0 Å². The van der Waals surface area contributed by atoms with Gasteiger partial charge in [0.05, 0.1) is 12.2 Å². The number of carboxylic acid groups (broad SMARTS) is 1. The van der Waals surface area contributed by atoms with E-state index in [0.717, 1.165) is 4.57 Å². The van der Waals surface area contributed by atoms with Gasteiger partial charge in [-0.1, -0.05) is 23.7 Å². The maximum absolute atomic E-state index is 12.2. The quantitative estimate of drug-likeness (QED) is 0.941. The molecule has 1 aromatic carbocycles.